The lowest BCUT2D eigenvalue weighted by atomic mass is 10.1. The van der Waals surface area contributed by atoms with Crippen molar-refractivity contribution in [2.24, 2.45) is 5.73 Å². The van der Waals surface area contributed by atoms with Crippen LogP contribution >= 0.6 is 0 Å². The molecule has 0 spiro atoms. The van der Waals surface area contributed by atoms with Gasteiger partial charge in [0, 0.05) is 23.8 Å². The summed E-state index contributed by atoms with van der Waals surface area (Å²) in [6.07, 6.45) is 2.55. The molecule has 0 saturated carbocycles. The maximum absolute atomic E-state index is 12.2. The van der Waals surface area contributed by atoms with Crippen molar-refractivity contribution in [1.82, 2.24) is 20.3 Å². The Labute approximate surface area is 162 Å². The first-order chi connectivity index (χ1) is 13.4. The highest BCUT2D eigenvalue weighted by Crippen LogP contribution is 2.32. The molecule has 0 bridgehead atoms. The zero-order valence-electron chi connectivity index (χ0n) is 16.2. The van der Waals surface area contributed by atoms with Crippen LogP contribution in [0.1, 0.15) is 13.8 Å². The van der Waals surface area contributed by atoms with E-state index < -0.39 is 11.6 Å². The van der Waals surface area contributed by atoms with Crippen molar-refractivity contribution in [2.75, 3.05) is 20.8 Å². The molecule has 3 rings (SSSR count). The minimum Gasteiger partial charge on any atom is -0.493 e. The van der Waals surface area contributed by atoms with E-state index in [1.165, 1.54) is 6.20 Å². The van der Waals surface area contributed by atoms with Gasteiger partial charge in [-0.15, -0.1) is 0 Å². The summed E-state index contributed by atoms with van der Waals surface area (Å²) < 4.78 is 16.0. The van der Waals surface area contributed by atoms with Gasteiger partial charge in [-0.05, 0) is 32.0 Å². The van der Waals surface area contributed by atoms with Crippen LogP contribution in [0, 0.1) is 0 Å². The number of benzene rings is 1. The van der Waals surface area contributed by atoms with Crippen LogP contribution in [0.25, 0.3) is 22.4 Å². The standard InChI is InChI=1S/C19H23N5O4/c1-19(2,10-20)24-18(25)28-15-9-22-17-16(15)23-12(8-21-17)11-5-6-13(26-3)14(7-11)27-4/h5-9H,10,20H2,1-4H3,(H,21,22)(H,24,25). The van der Waals surface area contributed by atoms with E-state index in [9.17, 15) is 4.79 Å². The summed E-state index contributed by atoms with van der Waals surface area (Å²) >= 11 is 0. The molecule has 28 heavy (non-hydrogen) atoms. The number of aromatic nitrogens is 3. The molecule has 0 aliphatic rings. The normalized spacial score (nSPS) is 11.3. The Morgan fingerprint density at radius 1 is 1.21 bits per heavy atom. The van der Waals surface area contributed by atoms with Gasteiger partial charge in [0.1, 0.15) is 0 Å². The van der Waals surface area contributed by atoms with Gasteiger partial charge in [-0.25, -0.2) is 14.8 Å². The van der Waals surface area contributed by atoms with Gasteiger partial charge in [0.2, 0.25) is 0 Å². The van der Waals surface area contributed by atoms with E-state index in [2.05, 4.69) is 20.3 Å². The van der Waals surface area contributed by atoms with Gasteiger partial charge in [-0.1, -0.05) is 0 Å². The van der Waals surface area contributed by atoms with Crippen LogP contribution in [0.4, 0.5) is 4.79 Å². The Balaban J connectivity index is 1.91. The SMILES string of the molecule is COc1ccc(-c2cnc3[nH]cc(OC(=O)NC(C)(C)CN)c3n2)cc1OC. The molecule has 0 atom stereocenters. The molecule has 0 aliphatic heterocycles. The highest BCUT2D eigenvalue weighted by molar-refractivity contribution is 5.84. The molecular formula is C19H23N5O4. The van der Waals surface area contributed by atoms with Crippen LogP contribution < -0.4 is 25.3 Å². The monoisotopic (exact) mass is 385 g/mol. The molecule has 4 N–H and O–H groups in total. The second kappa shape index (κ2) is 7.73. The van der Waals surface area contributed by atoms with Crippen LogP contribution in [-0.2, 0) is 0 Å². The van der Waals surface area contributed by atoms with Gasteiger partial charge in [-0.2, -0.15) is 0 Å². The predicted octanol–water partition coefficient (Wildman–Crippen LogP) is 2.47. The molecule has 9 heteroatoms. The number of hydrogen-bond acceptors (Lipinski definition) is 7. The Bertz CT molecular complexity index is 999. The first kappa shape index (κ1) is 19.4. The van der Waals surface area contributed by atoms with E-state index in [0.717, 1.165) is 5.56 Å². The lowest BCUT2D eigenvalue weighted by Crippen LogP contribution is -2.49. The molecule has 1 amide bonds. The summed E-state index contributed by atoms with van der Waals surface area (Å²) in [5.74, 6) is 1.47. The topological polar surface area (TPSA) is 124 Å². The number of hydrogen-bond donors (Lipinski definition) is 3. The molecule has 3 aromatic rings. The summed E-state index contributed by atoms with van der Waals surface area (Å²) in [5.41, 5.74) is 7.37. The number of aromatic amines is 1. The zero-order valence-corrected chi connectivity index (χ0v) is 16.2. The number of nitrogens with zero attached hydrogens (tertiary/aromatic N) is 2. The first-order valence-corrected chi connectivity index (χ1v) is 8.63. The largest absolute Gasteiger partial charge is 0.493 e. The minimum absolute atomic E-state index is 0.273. The summed E-state index contributed by atoms with van der Waals surface area (Å²) in [7, 11) is 3.14. The molecule has 2 aromatic heterocycles. The summed E-state index contributed by atoms with van der Waals surface area (Å²) in [5, 5.41) is 2.70. The van der Waals surface area contributed by atoms with E-state index in [0.29, 0.717) is 28.4 Å². The Hall–Kier alpha value is -3.33. The number of ether oxygens (including phenoxy) is 3. The molecule has 0 aliphatic carbocycles. The lowest BCUT2D eigenvalue weighted by molar-refractivity contribution is 0.189. The summed E-state index contributed by atoms with van der Waals surface area (Å²) in [6, 6.07) is 5.44. The third-order valence-electron chi connectivity index (χ3n) is 4.18. The fourth-order valence-electron chi connectivity index (χ4n) is 2.53. The number of carbonyl (C=O) groups excluding carboxylic acids is 1. The van der Waals surface area contributed by atoms with Gasteiger partial charge in [0.15, 0.2) is 28.4 Å². The summed E-state index contributed by atoms with van der Waals surface area (Å²) in [6.45, 7) is 3.89. The average Bonchev–Trinajstić information content (AvgIpc) is 3.08. The second-order valence-electron chi connectivity index (χ2n) is 6.78. The minimum atomic E-state index is -0.616. The van der Waals surface area contributed by atoms with E-state index in [1.54, 1.807) is 46.4 Å². The third kappa shape index (κ3) is 3.99. The molecule has 148 valence electrons. The van der Waals surface area contributed by atoms with Gasteiger partial charge >= 0.3 is 6.09 Å². The number of nitrogens with two attached hydrogens (primary N) is 1. The van der Waals surface area contributed by atoms with Crippen LogP contribution in [0.2, 0.25) is 0 Å². The lowest BCUT2D eigenvalue weighted by Gasteiger charge is -2.23. The van der Waals surface area contributed by atoms with Crippen molar-refractivity contribution in [3.8, 4) is 28.5 Å². The second-order valence-corrected chi connectivity index (χ2v) is 6.78. The van der Waals surface area contributed by atoms with E-state index >= 15 is 0 Å². The van der Waals surface area contributed by atoms with Crippen molar-refractivity contribution in [1.29, 1.82) is 0 Å². The number of fused-ring (bicyclic) bond motifs is 1. The number of methoxy groups -OCH3 is 2. The third-order valence-corrected chi connectivity index (χ3v) is 4.18. The van der Waals surface area contributed by atoms with Crippen LogP contribution in [0.3, 0.4) is 0 Å². The Morgan fingerprint density at radius 3 is 2.64 bits per heavy atom. The fourth-order valence-corrected chi connectivity index (χ4v) is 2.53. The van der Waals surface area contributed by atoms with Crippen molar-refractivity contribution < 1.29 is 19.0 Å². The van der Waals surface area contributed by atoms with Crippen molar-refractivity contribution >= 4 is 17.3 Å². The summed E-state index contributed by atoms with van der Waals surface area (Å²) in [4.78, 5) is 24.0. The molecule has 9 nitrogen and oxygen atoms in total. The van der Waals surface area contributed by atoms with Crippen molar-refractivity contribution in [2.45, 2.75) is 19.4 Å². The smallest absolute Gasteiger partial charge is 0.413 e. The first-order valence-electron chi connectivity index (χ1n) is 8.63. The average molecular weight is 385 g/mol. The number of amides is 1. The maximum Gasteiger partial charge on any atom is 0.413 e. The van der Waals surface area contributed by atoms with Gasteiger partial charge in [-0.3, -0.25) is 0 Å². The number of H-pyrrole nitrogens is 1. The van der Waals surface area contributed by atoms with E-state index in [1.807, 2.05) is 6.07 Å². The van der Waals surface area contributed by atoms with Gasteiger partial charge in [0.25, 0.3) is 0 Å². The molecular weight excluding hydrogens is 362 g/mol. The Kier molecular flexibility index (Phi) is 5.36. The zero-order chi connectivity index (χ0) is 20.3. The predicted molar refractivity (Wildman–Crippen MR) is 105 cm³/mol. The van der Waals surface area contributed by atoms with Crippen LogP contribution in [0.15, 0.2) is 30.6 Å². The molecule has 1 aromatic carbocycles. The van der Waals surface area contributed by atoms with Crippen molar-refractivity contribution in [3.05, 3.63) is 30.6 Å². The van der Waals surface area contributed by atoms with Gasteiger partial charge in [0.05, 0.1) is 26.1 Å². The highest BCUT2D eigenvalue weighted by Gasteiger charge is 2.21. The fraction of sp³-hybridized carbons (Fsp3) is 0.316. The maximum atomic E-state index is 12.2. The molecule has 0 unspecified atom stereocenters. The van der Waals surface area contributed by atoms with Crippen molar-refractivity contribution in [3.63, 3.8) is 0 Å². The number of carbonyl (C=O) groups is 1. The van der Waals surface area contributed by atoms with Gasteiger partial charge < -0.3 is 30.2 Å². The van der Waals surface area contributed by atoms with Crippen LogP contribution in [0.5, 0.6) is 17.2 Å². The van der Waals surface area contributed by atoms with E-state index in [-0.39, 0.29) is 12.3 Å². The van der Waals surface area contributed by atoms with Crippen LogP contribution in [-0.4, -0.2) is 47.3 Å². The quantitative estimate of drug-likeness (QED) is 0.595. The van der Waals surface area contributed by atoms with E-state index in [4.69, 9.17) is 19.9 Å². The molecule has 0 radical (unpaired) electrons. The molecule has 0 fully saturated rings. The Morgan fingerprint density at radius 2 is 1.96 bits per heavy atom. The molecule has 2 heterocycles. The highest BCUT2D eigenvalue weighted by atomic mass is 16.6. The number of nitrogens with one attached hydrogen (secondary N) is 2. The molecule has 0 saturated heterocycles. The number of rotatable bonds is 6.